The molecular formula is C24H30N2O7S. The lowest BCUT2D eigenvalue weighted by Gasteiger charge is -2.13. The summed E-state index contributed by atoms with van der Waals surface area (Å²) in [6.45, 7) is 4.14. The Balaban J connectivity index is 1.77. The molecule has 0 aromatic heterocycles. The van der Waals surface area contributed by atoms with E-state index in [2.05, 4.69) is 12.2 Å². The normalized spacial score (nSPS) is 12.0. The predicted molar refractivity (Wildman–Crippen MR) is 127 cm³/mol. The first-order chi connectivity index (χ1) is 16.1. The van der Waals surface area contributed by atoms with Crippen LogP contribution in [-0.2, 0) is 24.3 Å². The number of nitrogens with one attached hydrogen (secondary N) is 1. The molecule has 2 aromatic rings. The van der Waals surface area contributed by atoms with Gasteiger partial charge in [0.2, 0.25) is 10.0 Å². The molecule has 184 valence electrons. The lowest BCUT2D eigenvalue weighted by atomic mass is 10.1. The molecule has 1 amide bonds. The summed E-state index contributed by atoms with van der Waals surface area (Å²) in [7, 11) is -3.84. The predicted octanol–water partition coefficient (Wildman–Crippen LogP) is 3.44. The van der Waals surface area contributed by atoms with Crippen LogP contribution < -0.4 is 15.2 Å². The van der Waals surface area contributed by atoms with Gasteiger partial charge < -0.3 is 14.8 Å². The number of ether oxygens (including phenoxy) is 2. The fraction of sp³-hybridized carbons (Fsp3) is 0.375. The second kappa shape index (κ2) is 12.9. The maximum atomic E-state index is 12.3. The van der Waals surface area contributed by atoms with Crippen molar-refractivity contribution in [2.24, 2.45) is 5.14 Å². The summed E-state index contributed by atoms with van der Waals surface area (Å²) in [6.07, 6.45) is 1.85. The van der Waals surface area contributed by atoms with Crippen LogP contribution in [0.4, 0.5) is 5.69 Å². The van der Waals surface area contributed by atoms with E-state index in [9.17, 15) is 22.8 Å². The average Bonchev–Trinajstić information content (AvgIpc) is 2.80. The van der Waals surface area contributed by atoms with Gasteiger partial charge in [-0.1, -0.05) is 19.8 Å². The number of Topliss-reactive ketones (excluding diaryl/α,β-unsaturated/α-hetero) is 1. The second-order valence-corrected chi connectivity index (χ2v) is 9.26. The third kappa shape index (κ3) is 8.95. The number of hydrogen-bond acceptors (Lipinski definition) is 7. The van der Waals surface area contributed by atoms with Crippen LogP contribution in [0.3, 0.4) is 0 Å². The third-order valence-electron chi connectivity index (χ3n) is 4.88. The SMILES string of the molecule is CCCCCOc1ccc(C(=O)CCC(=O)OC(C)C(=O)Nc2ccc(S(N)(=O)=O)cc2)cc1. The number of primary sulfonamides is 1. The molecule has 0 spiro atoms. The van der Waals surface area contributed by atoms with Gasteiger partial charge in [-0.2, -0.15) is 0 Å². The van der Waals surface area contributed by atoms with Crippen molar-refractivity contribution in [2.75, 3.05) is 11.9 Å². The van der Waals surface area contributed by atoms with Crippen molar-refractivity contribution in [1.82, 2.24) is 0 Å². The number of carbonyl (C=O) groups is 3. The number of rotatable bonds is 13. The summed E-state index contributed by atoms with van der Waals surface area (Å²) in [5, 5.41) is 7.54. The van der Waals surface area contributed by atoms with Gasteiger partial charge in [-0.25, -0.2) is 13.6 Å². The molecule has 10 heteroatoms. The number of ketones is 1. The van der Waals surface area contributed by atoms with E-state index in [0.29, 0.717) is 23.6 Å². The van der Waals surface area contributed by atoms with Crippen molar-refractivity contribution in [3.63, 3.8) is 0 Å². The molecule has 0 saturated heterocycles. The minimum atomic E-state index is -3.84. The number of anilines is 1. The van der Waals surface area contributed by atoms with Crippen molar-refractivity contribution < 1.29 is 32.3 Å². The molecular weight excluding hydrogens is 460 g/mol. The zero-order valence-corrected chi connectivity index (χ0v) is 20.1. The van der Waals surface area contributed by atoms with Crippen LogP contribution in [0.5, 0.6) is 5.75 Å². The number of unbranched alkanes of at least 4 members (excludes halogenated alkanes) is 2. The Morgan fingerprint density at radius 3 is 2.21 bits per heavy atom. The third-order valence-corrected chi connectivity index (χ3v) is 5.81. The van der Waals surface area contributed by atoms with E-state index < -0.39 is 28.0 Å². The highest BCUT2D eigenvalue weighted by Crippen LogP contribution is 2.16. The monoisotopic (exact) mass is 490 g/mol. The topological polar surface area (TPSA) is 142 Å². The largest absolute Gasteiger partial charge is 0.494 e. The summed E-state index contributed by atoms with van der Waals surface area (Å²) in [5.74, 6) is -0.818. The zero-order chi connectivity index (χ0) is 25.1. The van der Waals surface area contributed by atoms with Crippen LogP contribution in [0.1, 0.15) is 56.3 Å². The van der Waals surface area contributed by atoms with Crippen LogP contribution in [-0.4, -0.2) is 38.8 Å². The van der Waals surface area contributed by atoms with E-state index in [4.69, 9.17) is 14.6 Å². The molecule has 9 nitrogen and oxygen atoms in total. The number of esters is 1. The molecule has 0 heterocycles. The van der Waals surface area contributed by atoms with Crippen molar-refractivity contribution in [3.8, 4) is 5.75 Å². The molecule has 0 fully saturated rings. The molecule has 0 aliphatic heterocycles. The van der Waals surface area contributed by atoms with E-state index in [-0.39, 0.29) is 23.5 Å². The highest BCUT2D eigenvalue weighted by atomic mass is 32.2. The molecule has 1 unspecified atom stereocenters. The van der Waals surface area contributed by atoms with Gasteiger partial charge in [0, 0.05) is 17.7 Å². The van der Waals surface area contributed by atoms with Gasteiger partial charge in [-0.05, 0) is 61.9 Å². The van der Waals surface area contributed by atoms with Gasteiger partial charge in [0.15, 0.2) is 11.9 Å². The summed E-state index contributed by atoms with van der Waals surface area (Å²) < 4.78 is 33.3. The van der Waals surface area contributed by atoms with E-state index >= 15 is 0 Å². The highest BCUT2D eigenvalue weighted by Gasteiger charge is 2.19. The summed E-state index contributed by atoms with van der Waals surface area (Å²) in [4.78, 5) is 36.5. The first-order valence-corrected chi connectivity index (χ1v) is 12.5. The van der Waals surface area contributed by atoms with Crippen LogP contribution in [0.25, 0.3) is 0 Å². The Bertz CT molecular complexity index is 1080. The molecule has 0 radical (unpaired) electrons. The van der Waals surface area contributed by atoms with Crippen LogP contribution in [0.2, 0.25) is 0 Å². The fourth-order valence-electron chi connectivity index (χ4n) is 2.92. The highest BCUT2D eigenvalue weighted by molar-refractivity contribution is 7.89. The second-order valence-electron chi connectivity index (χ2n) is 7.69. The zero-order valence-electron chi connectivity index (χ0n) is 19.3. The minimum Gasteiger partial charge on any atom is -0.494 e. The fourth-order valence-corrected chi connectivity index (χ4v) is 3.44. The molecule has 0 aliphatic carbocycles. The molecule has 0 aliphatic rings. The number of benzene rings is 2. The standard InChI is InChI=1S/C24H30N2O7S/c1-3-4-5-16-32-20-10-6-18(7-11-20)22(27)14-15-23(28)33-17(2)24(29)26-19-8-12-21(13-9-19)34(25,30)31/h6-13,17H,3-5,14-16H2,1-2H3,(H,26,29)(H2,25,30,31). The van der Waals surface area contributed by atoms with Crippen molar-refractivity contribution >= 4 is 33.4 Å². The smallest absolute Gasteiger partial charge is 0.307 e. The molecule has 0 bridgehead atoms. The Morgan fingerprint density at radius 2 is 1.62 bits per heavy atom. The van der Waals surface area contributed by atoms with E-state index in [0.717, 1.165) is 19.3 Å². The van der Waals surface area contributed by atoms with Gasteiger partial charge in [-0.15, -0.1) is 0 Å². The lowest BCUT2D eigenvalue weighted by Crippen LogP contribution is -2.30. The van der Waals surface area contributed by atoms with Crippen LogP contribution in [0.15, 0.2) is 53.4 Å². The van der Waals surface area contributed by atoms with Crippen molar-refractivity contribution in [2.45, 2.75) is 57.0 Å². The molecule has 2 aromatic carbocycles. The van der Waals surface area contributed by atoms with E-state index in [1.807, 2.05) is 0 Å². The van der Waals surface area contributed by atoms with Gasteiger partial charge in [0.05, 0.1) is 17.9 Å². The van der Waals surface area contributed by atoms with Crippen LogP contribution in [0, 0.1) is 0 Å². The number of sulfonamides is 1. The molecule has 0 saturated carbocycles. The first kappa shape index (κ1) is 27.0. The maximum Gasteiger partial charge on any atom is 0.307 e. The summed E-state index contributed by atoms with van der Waals surface area (Å²) in [5.41, 5.74) is 0.774. The molecule has 1 atom stereocenters. The van der Waals surface area contributed by atoms with Crippen LogP contribution >= 0.6 is 0 Å². The first-order valence-electron chi connectivity index (χ1n) is 11.0. The number of nitrogens with two attached hydrogens (primary N) is 1. The van der Waals surface area contributed by atoms with Crippen molar-refractivity contribution in [3.05, 3.63) is 54.1 Å². The minimum absolute atomic E-state index is 0.0566. The Kier molecular flexibility index (Phi) is 10.2. The summed E-state index contributed by atoms with van der Waals surface area (Å²) in [6, 6.07) is 12.0. The maximum absolute atomic E-state index is 12.3. The number of hydrogen-bond donors (Lipinski definition) is 2. The lowest BCUT2D eigenvalue weighted by molar-refractivity contribution is -0.153. The Morgan fingerprint density at radius 1 is 0.971 bits per heavy atom. The average molecular weight is 491 g/mol. The van der Waals surface area contributed by atoms with Gasteiger partial charge in [-0.3, -0.25) is 14.4 Å². The van der Waals surface area contributed by atoms with Gasteiger partial charge in [0.1, 0.15) is 5.75 Å². The number of carbonyl (C=O) groups excluding carboxylic acids is 3. The summed E-state index contributed by atoms with van der Waals surface area (Å²) >= 11 is 0. The van der Waals surface area contributed by atoms with E-state index in [1.54, 1.807) is 24.3 Å². The van der Waals surface area contributed by atoms with Crippen molar-refractivity contribution in [1.29, 1.82) is 0 Å². The Hall–Kier alpha value is -3.24. The number of amides is 1. The molecule has 2 rings (SSSR count). The van der Waals surface area contributed by atoms with Gasteiger partial charge >= 0.3 is 5.97 Å². The Labute approximate surface area is 199 Å². The molecule has 3 N–H and O–H groups in total. The van der Waals surface area contributed by atoms with Gasteiger partial charge in [0.25, 0.3) is 5.91 Å². The molecule has 34 heavy (non-hydrogen) atoms. The quantitative estimate of drug-likeness (QED) is 0.249. The van der Waals surface area contributed by atoms with E-state index in [1.165, 1.54) is 31.2 Å².